The highest BCUT2D eigenvalue weighted by Gasteiger charge is 2.66. The van der Waals surface area contributed by atoms with E-state index in [2.05, 4.69) is 33.0 Å². The highest BCUT2D eigenvalue weighted by Crippen LogP contribution is 2.68. The monoisotopic (exact) mass is 292 g/mol. The maximum Gasteiger partial charge on any atom is 0.330 e. The van der Waals surface area contributed by atoms with Gasteiger partial charge >= 0.3 is 6.03 Å². The van der Waals surface area contributed by atoms with Gasteiger partial charge in [0.05, 0.1) is 0 Å². The summed E-state index contributed by atoms with van der Waals surface area (Å²) >= 11 is 0. The summed E-state index contributed by atoms with van der Waals surface area (Å²) < 4.78 is 0. The van der Waals surface area contributed by atoms with Gasteiger partial charge < -0.3 is 0 Å². The van der Waals surface area contributed by atoms with Gasteiger partial charge in [0, 0.05) is 6.54 Å². The lowest BCUT2D eigenvalue weighted by Crippen LogP contribution is -2.63. The molecule has 21 heavy (non-hydrogen) atoms. The largest absolute Gasteiger partial charge is 0.330 e. The Hall–Kier alpha value is -1.39. The fourth-order valence-electron chi connectivity index (χ4n) is 4.29. The van der Waals surface area contributed by atoms with Crippen LogP contribution in [-0.4, -0.2) is 29.3 Å². The molecule has 2 aliphatic carbocycles. The number of carbonyl (C=O) groups excluding carboxylic acids is 3. The Labute approximate surface area is 125 Å². The Balaban J connectivity index is 1.84. The molecule has 0 radical (unpaired) electrons. The van der Waals surface area contributed by atoms with Gasteiger partial charge in [-0.3, -0.25) is 19.8 Å². The molecule has 3 aliphatic rings. The Morgan fingerprint density at radius 1 is 1.05 bits per heavy atom. The third-order valence-corrected chi connectivity index (χ3v) is 6.70. The van der Waals surface area contributed by atoms with Gasteiger partial charge in [-0.15, -0.1) is 0 Å². The Morgan fingerprint density at radius 2 is 1.57 bits per heavy atom. The molecule has 3 rings (SSSR count). The summed E-state index contributed by atoms with van der Waals surface area (Å²) in [5.41, 5.74) is -0.757. The molecule has 2 saturated carbocycles. The molecule has 1 aliphatic heterocycles. The number of rotatable bonds is 2. The van der Waals surface area contributed by atoms with Gasteiger partial charge in [0.25, 0.3) is 0 Å². The maximum atomic E-state index is 12.8. The van der Waals surface area contributed by atoms with Gasteiger partial charge in [-0.2, -0.15) is 0 Å². The molecule has 5 heteroatoms. The molecule has 116 valence electrons. The number of nitrogens with zero attached hydrogens (tertiary/aromatic N) is 1. The van der Waals surface area contributed by atoms with Crippen LogP contribution in [-0.2, 0) is 9.59 Å². The normalized spacial score (nSPS) is 29.9. The standard InChI is InChI=1S/C16H24N2O3/c1-14(2)10(15(14,3)4)9-18-12(20)16(7-5-6-8-16)11(19)17-13(18)21/h10H,5-9H2,1-4H3,(H,17,19,21). The second-order valence-electron chi connectivity index (χ2n) is 7.96. The molecule has 0 unspecified atom stereocenters. The van der Waals surface area contributed by atoms with E-state index in [0.717, 1.165) is 12.8 Å². The first-order chi connectivity index (χ1) is 9.64. The molecule has 1 spiro atoms. The van der Waals surface area contributed by atoms with Gasteiger partial charge in [-0.25, -0.2) is 4.79 Å². The second-order valence-corrected chi connectivity index (χ2v) is 7.96. The number of urea groups is 1. The number of barbiturate groups is 1. The van der Waals surface area contributed by atoms with Gasteiger partial charge in [0.1, 0.15) is 5.41 Å². The highest BCUT2D eigenvalue weighted by molar-refractivity contribution is 6.19. The van der Waals surface area contributed by atoms with Crippen molar-refractivity contribution in [2.24, 2.45) is 22.2 Å². The number of imide groups is 2. The van der Waals surface area contributed by atoms with E-state index in [4.69, 9.17) is 0 Å². The summed E-state index contributed by atoms with van der Waals surface area (Å²) in [5.74, 6) is -0.376. The van der Waals surface area contributed by atoms with Gasteiger partial charge in [-0.05, 0) is 29.6 Å². The van der Waals surface area contributed by atoms with Gasteiger partial charge in [0.2, 0.25) is 11.8 Å². The second kappa shape index (κ2) is 4.08. The average Bonchev–Trinajstić information content (AvgIpc) is 2.77. The van der Waals surface area contributed by atoms with E-state index in [1.54, 1.807) is 0 Å². The molecule has 1 heterocycles. The summed E-state index contributed by atoms with van der Waals surface area (Å²) in [6.45, 7) is 9.08. The molecule has 0 bridgehead atoms. The average molecular weight is 292 g/mol. The molecule has 0 aromatic heterocycles. The van der Waals surface area contributed by atoms with Crippen molar-refractivity contribution < 1.29 is 14.4 Å². The zero-order chi connectivity index (χ0) is 15.6. The molecule has 5 nitrogen and oxygen atoms in total. The zero-order valence-corrected chi connectivity index (χ0v) is 13.3. The number of hydrogen-bond donors (Lipinski definition) is 1. The van der Waals surface area contributed by atoms with Crippen LogP contribution in [0, 0.1) is 22.2 Å². The molecule has 1 saturated heterocycles. The number of nitrogens with one attached hydrogen (secondary N) is 1. The van der Waals surface area contributed by atoms with Crippen LogP contribution in [0.4, 0.5) is 4.79 Å². The summed E-state index contributed by atoms with van der Waals surface area (Å²) in [7, 11) is 0. The quantitative estimate of drug-likeness (QED) is 0.794. The lowest BCUT2D eigenvalue weighted by atomic mass is 9.82. The van der Waals surface area contributed by atoms with Crippen LogP contribution in [0.25, 0.3) is 0 Å². The molecule has 0 atom stereocenters. The Morgan fingerprint density at radius 3 is 2.05 bits per heavy atom. The van der Waals surface area contributed by atoms with Gasteiger partial charge in [-0.1, -0.05) is 40.5 Å². The van der Waals surface area contributed by atoms with Crippen LogP contribution in [0.3, 0.4) is 0 Å². The van der Waals surface area contributed by atoms with E-state index in [1.165, 1.54) is 4.90 Å². The lowest BCUT2D eigenvalue weighted by Gasteiger charge is -2.37. The molecule has 0 aromatic carbocycles. The molecule has 4 amide bonds. The fourth-order valence-corrected chi connectivity index (χ4v) is 4.29. The highest BCUT2D eigenvalue weighted by atomic mass is 16.2. The smallest absolute Gasteiger partial charge is 0.277 e. The third kappa shape index (κ3) is 1.72. The first kappa shape index (κ1) is 14.5. The fraction of sp³-hybridized carbons (Fsp3) is 0.812. The molecule has 0 aromatic rings. The van der Waals surface area contributed by atoms with Crippen molar-refractivity contribution >= 4 is 17.8 Å². The van der Waals surface area contributed by atoms with Crippen molar-refractivity contribution in [3.8, 4) is 0 Å². The van der Waals surface area contributed by atoms with E-state index >= 15 is 0 Å². The van der Waals surface area contributed by atoms with Crippen molar-refractivity contribution in [3.05, 3.63) is 0 Å². The predicted molar refractivity (Wildman–Crippen MR) is 77.2 cm³/mol. The Bertz CT molecular complexity index is 516. The molecule has 3 fully saturated rings. The molecule has 1 N–H and O–H groups in total. The van der Waals surface area contributed by atoms with Crippen LogP contribution >= 0.6 is 0 Å². The van der Waals surface area contributed by atoms with Crippen molar-refractivity contribution in [1.29, 1.82) is 0 Å². The maximum absolute atomic E-state index is 12.8. The van der Waals surface area contributed by atoms with Gasteiger partial charge in [0.15, 0.2) is 0 Å². The van der Waals surface area contributed by atoms with Crippen molar-refractivity contribution in [2.45, 2.75) is 53.4 Å². The minimum Gasteiger partial charge on any atom is -0.277 e. The van der Waals surface area contributed by atoms with E-state index in [0.29, 0.717) is 19.4 Å². The molecular formula is C16H24N2O3. The zero-order valence-electron chi connectivity index (χ0n) is 13.3. The van der Waals surface area contributed by atoms with E-state index < -0.39 is 11.4 Å². The van der Waals surface area contributed by atoms with Crippen LogP contribution in [0.15, 0.2) is 0 Å². The summed E-state index contributed by atoms with van der Waals surface area (Å²) in [5, 5.41) is 2.41. The Kier molecular flexibility index (Phi) is 2.83. The topological polar surface area (TPSA) is 66.5 Å². The van der Waals surface area contributed by atoms with E-state index in [-0.39, 0.29) is 28.6 Å². The van der Waals surface area contributed by atoms with Crippen molar-refractivity contribution in [2.75, 3.05) is 6.54 Å². The third-order valence-electron chi connectivity index (χ3n) is 6.70. The number of hydrogen-bond acceptors (Lipinski definition) is 3. The SMILES string of the molecule is CC1(C)C(CN2C(=O)NC(=O)C3(CCCC3)C2=O)C1(C)C. The lowest BCUT2D eigenvalue weighted by molar-refractivity contribution is -0.151. The van der Waals surface area contributed by atoms with Crippen LogP contribution < -0.4 is 5.32 Å². The first-order valence-corrected chi connectivity index (χ1v) is 7.82. The van der Waals surface area contributed by atoms with Crippen LogP contribution in [0.1, 0.15) is 53.4 Å². The summed E-state index contributed by atoms with van der Waals surface area (Å²) in [4.78, 5) is 38.4. The van der Waals surface area contributed by atoms with E-state index in [9.17, 15) is 14.4 Å². The number of carbonyl (C=O) groups is 3. The van der Waals surface area contributed by atoms with Crippen LogP contribution in [0.2, 0.25) is 0 Å². The predicted octanol–water partition coefficient (Wildman–Crippen LogP) is 2.31. The first-order valence-electron chi connectivity index (χ1n) is 7.82. The minimum absolute atomic E-state index is 0.109. The molecular weight excluding hydrogens is 268 g/mol. The summed E-state index contributed by atoms with van der Waals surface area (Å²) in [6.07, 6.45) is 2.89. The van der Waals surface area contributed by atoms with Crippen LogP contribution in [0.5, 0.6) is 0 Å². The summed E-state index contributed by atoms with van der Waals surface area (Å²) in [6, 6.07) is -0.541. The van der Waals surface area contributed by atoms with Crippen molar-refractivity contribution in [1.82, 2.24) is 10.2 Å². The van der Waals surface area contributed by atoms with Crippen molar-refractivity contribution in [3.63, 3.8) is 0 Å². The minimum atomic E-state index is -0.975. The number of amides is 4. The van der Waals surface area contributed by atoms with E-state index in [1.807, 2.05) is 0 Å².